The summed E-state index contributed by atoms with van der Waals surface area (Å²) in [6, 6.07) is 12.6. The molecule has 152 valence electrons. The first-order chi connectivity index (χ1) is 13.9. The Labute approximate surface area is 182 Å². The highest BCUT2D eigenvalue weighted by molar-refractivity contribution is 9.10. The van der Waals surface area contributed by atoms with Gasteiger partial charge in [-0.1, -0.05) is 36.7 Å². The number of benzene rings is 2. The summed E-state index contributed by atoms with van der Waals surface area (Å²) < 4.78 is 5.84. The number of carbonyl (C=O) groups is 3. The second-order valence-corrected chi connectivity index (χ2v) is 7.93. The number of hydrogen-bond acceptors (Lipinski definition) is 4. The van der Waals surface area contributed by atoms with Gasteiger partial charge in [0.15, 0.2) is 6.61 Å². The van der Waals surface area contributed by atoms with E-state index in [1.54, 1.807) is 23.1 Å². The molecule has 0 spiro atoms. The van der Waals surface area contributed by atoms with Crippen molar-refractivity contribution in [3.63, 3.8) is 0 Å². The predicted octanol–water partition coefficient (Wildman–Crippen LogP) is 4.20. The summed E-state index contributed by atoms with van der Waals surface area (Å²) in [6.07, 6.45) is 0.857. The number of anilines is 2. The van der Waals surface area contributed by atoms with Crippen LogP contribution in [0.5, 0.6) is 0 Å². The summed E-state index contributed by atoms with van der Waals surface area (Å²) >= 11 is 9.26. The zero-order valence-corrected chi connectivity index (χ0v) is 18.1. The molecule has 1 heterocycles. The zero-order valence-electron chi connectivity index (χ0n) is 15.8. The fourth-order valence-corrected chi connectivity index (χ4v) is 3.62. The topological polar surface area (TPSA) is 75.7 Å². The summed E-state index contributed by atoms with van der Waals surface area (Å²) in [6.45, 7) is 1.84. The van der Waals surface area contributed by atoms with Gasteiger partial charge in [-0.2, -0.15) is 0 Å². The molecule has 0 aliphatic carbocycles. The maximum absolute atomic E-state index is 12.4. The average molecular weight is 480 g/mol. The summed E-state index contributed by atoms with van der Waals surface area (Å²) in [5.41, 5.74) is 2.36. The minimum atomic E-state index is -0.595. The first kappa shape index (κ1) is 21.3. The number of para-hydroxylation sites is 1. The predicted molar refractivity (Wildman–Crippen MR) is 115 cm³/mol. The van der Waals surface area contributed by atoms with E-state index < -0.39 is 24.4 Å². The molecule has 0 bridgehead atoms. The maximum Gasteiger partial charge on any atom is 0.311 e. The minimum Gasteiger partial charge on any atom is -0.455 e. The van der Waals surface area contributed by atoms with Gasteiger partial charge >= 0.3 is 5.97 Å². The molecule has 1 fully saturated rings. The number of halogens is 2. The van der Waals surface area contributed by atoms with E-state index in [1.807, 2.05) is 31.2 Å². The molecule has 0 saturated carbocycles. The van der Waals surface area contributed by atoms with Crippen molar-refractivity contribution in [2.45, 2.75) is 19.8 Å². The van der Waals surface area contributed by atoms with Crippen LogP contribution >= 0.6 is 27.5 Å². The van der Waals surface area contributed by atoms with Crippen molar-refractivity contribution in [1.29, 1.82) is 0 Å². The fourth-order valence-electron chi connectivity index (χ4n) is 3.20. The van der Waals surface area contributed by atoms with Gasteiger partial charge in [-0.15, -0.1) is 0 Å². The summed E-state index contributed by atoms with van der Waals surface area (Å²) in [4.78, 5) is 38.4. The van der Waals surface area contributed by atoms with Crippen LogP contribution in [0.25, 0.3) is 0 Å². The molecule has 2 aromatic carbocycles. The first-order valence-corrected chi connectivity index (χ1v) is 10.4. The second kappa shape index (κ2) is 9.41. The average Bonchev–Trinajstić information content (AvgIpc) is 3.10. The smallest absolute Gasteiger partial charge is 0.311 e. The molecule has 0 radical (unpaired) electrons. The molecule has 1 aliphatic rings. The minimum absolute atomic E-state index is 0.0703. The van der Waals surface area contributed by atoms with Crippen LogP contribution in [0.1, 0.15) is 18.9 Å². The number of rotatable bonds is 6. The van der Waals surface area contributed by atoms with Crippen molar-refractivity contribution >= 4 is 56.7 Å². The number of nitrogens with one attached hydrogen (secondary N) is 1. The van der Waals surface area contributed by atoms with Gasteiger partial charge in [0.05, 0.1) is 10.9 Å². The van der Waals surface area contributed by atoms with E-state index in [-0.39, 0.29) is 18.9 Å². The van der Waals surface area contributed by atoms with Crippen molar-refractivity contribution in [1.82, 2.24) is 0 Å². The monoisotopic (exact) mass is 478 g/mol. The summed E-state index contributed by atoms with van der Waals surface area (Å²) in [7, 11) is 0. The third kappa shape index (κ3) is 5.16. The molecule has 1 N–H and O–H groups in total. The SMILES string of the molecule is CCc1ccccc1N1C[C@H](C(=O)OCC(=O)Nc2ccc(Br)c(Cl)c2)CC1=O. The van der Waals surface area contributed by atoms with Gasteiger partial charge in [0.2, 0.25) is 5.91 Å². The lowest BCUT2D eigenvalue weighted by Crippen LogP contribution is -2.28. The normalized spacial score (nSPS) is 16.0. The Bertz CT molecular complexity index is 950. The van der Waals surface area contributed by atoms with Gasteiger partial charge in [0.1, 0.15) is 0 Å². The van der Waals surface area contributed by atoms with Gasteiger partial charge in [-0.3, -0.25) is 14.4 Å². The number of nitrogens with zero attached hydrogens (tertiary/aromatic N) is 1. The van der Waals surface area contributed by atoms with E-state index in [1.165, 1.54) is 0 Å². The lowest BCUT2D eigenvalue weighted by molar-refractivity contribution is -0.151. The largest absolute Gasteiger partial charge is 0.455 e. The molecule has 1 saturated heterocycles. The standard InChI is InChI=1S/C21H20BrClN2O4/c1-2-13-5-3-4-6-18(13)25-11-14(9-20(25)27)21(28)29-12-19(26)24-15-7-8-16(22)17(23)10-15/h3-8,10,14H,2,9,11-12H2,1H3,(H,24,26)/t14-/m1/s1. The number of hydrogen-bond donors (Lipinski definition) is 1. The molecule has 6 nitrogen and oxygen atoms in total. The maximum atomic E-state index is 12.4. The van der Waals surface area contributed by atoms with Crippen molar-refractivity contribution in [3.05, 3.63) is 57.5 Å². The third-order valence-corrected chi connectivity index (χ3v) is 5.90. The molecule has 0 aromatic heterocycles. The lowest BCUT2D eigenvalue weighted by Gasteiger charge is -2.19. The first-order valence-electron chi connectivity index (χ1n) is 9.18. The van der Waals surface area contributed by atoms with E-state index in [9.17, 15) is 14.4 Å². The number of ether oxygens (including phenoxy) is 1. The molecule has 1 aliphatic heterocycles. The Morgan fingerprint density at radius 1 is 1.28 bits per heavy atom. The van der Waals surface area contributed by atoms with E-state index in [2.05, 4.69) is 21.2 Å². The molecular weight excluding hydrogens is 460 g/mol. The highest BCUT2D eigenvalue weighted by atomic mass is 79.9. The molecule has 2 amide bonds. The highest BCUT2D eigenvalue weighted by Gasteiger charge is 2.37. The fraction of sp³-hybridized carbons (Fsp3) is 0.286. The van der Waals surface area contributed by atoms with Crippen LogP contribution in [0.4, 0.5) is 11.4 Å². The number of aryl methyl sites for hydroxylation is 1. The van der Waals surface area contributed by atoms with Crippen LogP contribution in [-0.2, 0) is 25.5 Å². The zero-order chi connectivity index (χ0) is 21.0. The molecule has 0 unspecified atom stereocenters. The Morgan fingerprint density at radius 3 is 2.76 bits per heavy atom. The molecule has 2 aromatic rings. The Hall–Kier alpha value is -2.38. The quantitative estimate of drug-likeness (QED) is 0.630. The van der Waals surface area contributed by atoms with Gasteiger partial charge in [0.25, 0.3) is 5.91 Å². The molecule has 29 heavy (non-hydrogen) atoms. The van der Waals surface area contributed by atoms with Gasteiger partial charge in [-0.05, 0) is 52.2 Å². The third-order valence-electron chi connectivity index (χ3n) is 4.67. The number of amides is 2. The molecular formula is C21H20BrClN2O4. The van der Waals surface area contributed by atoms with Crippen LogP contribution in [0.15, 0.2) is 46.9 Å². The van der Waals surface area contributed by atoms with E-state index in [4.69, 9.17) is 16.3 Å². The Balaban J connectivity index is 1.55. The van der Waals surface area contributed by atoms with E-state index >= 15 is 0 Å². The van der Waals surface area contributed by atoms with Crippen molar-refractivity contribution in [2.75, 3.05) is 23.4 Å². The number of carbonyl (C=O) groups excluding carboxylic acids is 3. The molecule has 8 heteroatoms. The van der Waals surface area contributed by atoms with Crippen LogP contribution in [0.2, 0.25) is 5.02 Å². The molecule has 3 rings (SSSR count). The van der Waals surface area contributed by atoms with E-state index in [0.29, 0.717) is 15.2 Å². The highest BCUT2D eigenvalue weighted by Crippen LogP contribution is 2.29. The van der Waals surface area contributed by atoms with E-state index in [0.717, 1.165) is 17.7 Å². The van der Waals surface area contributed by atoms with Crippen molar-refractivity contribution < 1.29 is 19.1 Å². The van der Waals surface area contributed by atoms with Gasteiger partial charge in [0, 0.05) is 28.8 Å². The van der Waals surface area contributed by atoms with Crippen LogP contribution in [-0.4, -0.2) is 30.9 Å². The van der Waals surface area contributed by atoms with Crippen molar-refractivity contribution in [3.8, 4) is 0 Å². The summed E-state index contributed by atoms with van der Waals surface area (Å²) in [5, 5.41) is 3.07. The Kier molecular flexibility index (Phi) is 6.92. The van der Waals surface area contributed by atoms with Gasteiger partial charge < -0.3 is 15.0 Å². The lowest BCUT2D eigenvalue weighted by atomic mass is 10.1. The second-order valence-electron chi connectivity index (χ2n) is 6.67. The van der Waals surface area contributed by atoms with Crippen LogP contribution in [0, 0.1) is 5.92 Å². The number of esters is 1. The molecule has 1 atom stereocenters. The summed E-state index contributed by atoms with van der Waals surface area (Å²) in [5.74, 6) is -1.75. The van der Waals surface area contributed by atoms with Crippen LogP contribution < -0.4 is 10.2 Å². The Morgan fingerprint density at radius 2 is 2.03 bits per heavy atom. The van der Waals surface area contributed by atoms with Gasteiger partial charge in [-0.25, -0.2) is 0 Å². The van der Waals surface area contributed by atoms with Crippen LogP contribution in [0.3, 0.4) is 0 Å². The van der Waals surface area contributed by atoms with Crippen molar-refractivity contribution in [2.24, 2.45) is 5.92 Å².